The lowest BCUT2D eigenvalue weighted by Crippen LogP contribution is -2.39. The molecule has 0 aliphatic rings. The molecule has 1 amide bonds. The molecule has 0 atom stereocenters. The summed E-state index contributed by atoms with van der Waals surface area (Å²) in [5, 5.41) is 14.4. The molecule has 2 rings (SSSR count). The van der Waals surface area contributed by atoms with Crippen LogP contribution in [0.3, 0.4) is 0 Å². The number of benzene rings is 2. The second-order valence-corrected chi connectivity index (χ2v) is 7.72. The molecule has 0 aliphatic heterocycles. The number of sulfonamides is 1. The van der Waals surface area contributed by atoms with Gasteiger partial charge >= 0.3 is 0 Å². The van der Waals surface area contributed by atoms with Crippen molar-refractivity contribution in [2.75, 3.05) is 23.7 Å². The standard InChI is InChI=1S/C18H20N4O6S/c1-3-28-17-7-5-4-6-16(17)21(29(2,26)27)13-18(23)20-19-12-14-8-10-15(11-9-14)22(24)25/h4-12H,3,13H2,1-2H3,(H,20,23)/b19-12-. The Kier molecular flexibility index (Phi) is 7.26. The summed E-state index contributed by atoms with van der Waals surface area (Å²) in [6, 6.07) is 12.0. The zero-order valence-electron chi connectivity index (χ0n) is 15.8. The fourth-order valence-corrected chi connectivity index (χ4v) is 3.21. The number of hydrazone groups is 1. The molecule has 29 heavy (non-hydrogen) atoms. The minimum absolute atomic E-state index is 0.0667. The number of rotatable bonds is 9. The summed E-state index contributed by atoms with van der Waals surface area (Å²) >= 11 is 0. The predicted octanol–water partition coefficient (Wildman–Crippen LogP) is 1.91. The Morgan fingerprint density at radius 3 is 2.48 bits per heavy atom. The fourth-order valence-electron chi connectivity index (χ4n) is 2.35. The summed E-state index contributed by atoms with van der Waals surface area (Å²) in [4.78, 5) is 22.3. The largest absolute Gasteiger partial charge is 0.492 e. The highest BCUT2D eigenvalue weighted by molar-refractivity contribution is 7.92. The van der Waals surface area contributed by atoms with E-state index in [1.807, 2.05) is 0 Å². The highest BCUT2D eigenvalue weighted by atomic mass is 32.2. The van der Waals surface area contributed by atoms with E-state index in [-0.39, 0.29) is 11.4 Å². The van der Waals surface area contributed by atoms with E-state index in [0.29, 0.717) is 17.9 Å². The Bertz CT molecular complexity index is 1010. The third kappa shape index (κ3) is 6.28. The fraction of sp³-hybridized carbons (Fsp3) is 0.222. The lowest BCUT2D eigenvalue weighted by atomic mass is 10.2. The molecular weight excluding hydrogens is 400 g/mol. The molecule has 1 N–H and O–H groups in total. The van der Waals surface area contributed by atoms with Gasteiger partial charge in [0.15, 0.2) is 0 Å². The average Bonchev–Trinajstić information content (AvgIpc) is 2.66. The molecule has 0 saturated heterocycles. The molecular formula is C18H20N4O6S. The van der Waals surface area contributed by atoms with Crippen LogP contribution in [-0.4, -0.2) is 44.9 Å². The number of para-hydroxylation sites is 2. The summed E-state index contributed by atoms with van der Waals surface area (Å²) in [5.41, 5.74) is 2.94. The number of ether oxygens (including phenoxy) is 1. The molecule has 154 valence electrons. The van der Waals surface area contributed by atoms with Crippen molar-refractivity contribution < 1.29 is 22.9 Å². The minimum Gasteiger partial charge on any atom is -0.492 e. The number of amides is 1. The number of nitro groups is 1. The quantitative estimate of drug-likeness (QED) is 0.374. The van der Waals surface area contributed by atoms with Gasteiger partial charge in [0.25, 0.3) is 11.6 Å². The van der Waals surface area contributed by atoms with Crippen molar-refractivity contribution in [3.8, 4) is 5.75 Å². The second kappa shape index (κ2) is 9.64. The van der Waals surface area contributed by atoms with E-state index in [4.69, 9.17) is 4.74 Å². The number of nitro benzene ring substituents is 1. The third-order valence-corrected chi connectivity index (χ3v) is 4.75. The molecule has 0 aromatic heterocycles. The molecule has 11 heteroatoms. The number of anilines is 1. The number of nitrogens with zero attached hydrogens (tertiary/aromatic N) is 3. The van der Waals surface area contributed by atoms with Crippen molar-refractivity contribution in [3.05, 3.63) is 64.2 Å². The van der Waals surface area contributed by atoms with Crippen LogP contribution in [-0.2, 0) is 14.8 Å². The number of hydrogen-bond acceptors (Lipinski definition) is 7. The normalized spacial score (nSPS) is 11.2. The van der Waals surface area contributed by atoms with Crippen LogP contribution in [0.1, 0.15) is 12.5 Å². The monoisotopic (exact) mass is 420 g/mol. The first kappa shape index (κ1) is 21.8. The van der Waals surface area contributed by atoms with E-state index in [1.54, 1.807) is 31.2 Å². The van der Waals surface area contributed by atoms with Crippen molar-refractivity contribution in [3.63, 3.8) is 0 Å². The Labute approximate surface area is 168 Å². The number of carbonyl (C=O) groups is 1. The molecule has 10 nitrogen and oxygen atoms in total. The van der Waals surface area contributed by atoms with Crippen LogP contribution in [0.2, 0.25) is 0 Å². The van der Waals surface area contributed by atoms with Crippen molar-refractivity contribution in [2.24, 2.45) is 5.10 Å². The van der Waals surface area contributed by atoms with Crippen molar-refractivity contribution in [1.29, 1.82) is 0 Å². The van der Waals surface area contributed by atoms with Crippen LogP contribution in [0, 0.1) is 10.1 Å². The van der Waals surface area contributed by atoms with Gasteiger partial charge in [-0.25, -0.2) is 13.8 Å². The molecule has 0 unspecified atom stereocenters. The minimum atomic E-state index is -3.77. The molecule has 0 saturated carbocycles. The number of nitrogens with one attached hydrogen (secondary N) is 1. The molecule has 0 spiro atoms. The SMILES string of the molecule is CCOc1ccccc1N(CC(=O)N/N=C\c1ccc([N+](=O)[O-])cc1)S(C)(=O)=O. The van der Waals surface area contributed by atoms with Crippen LogP contribution in [0.15, 0.2) is 53.6 Å². The smallest absolute Gasteiger partial charge is 0.269 e. The summed E-state index contributed by atoms with van der Waals surface area (Å²) < 4.78 is 30.8. The van der Waals surface area contributed by atoms with Gasteiger partial charge in [0, 0.05) is 12.1 Å². The van der Waals surface area contributed by atoms with Gasteiger partial charge in [-0.15, -0.1) is 0 Å². The zero-order valence-corrected chi connectivity index (χ0v) is 16.6. The average molecular weight is 420 g/mol. The first-order chi connectivity index (χ1) is 13.7. The number of non-ortho nitro benzene ring substituents is 1. The van der Waals surface area contributed by atoms with E-state index in [2.05, 4.69) is 10.5 Å². The third-order valence-electron chi connectivity index (χ3n) is 3.63. The maximum Gasteiger partial charge on any atom is 0.269 e. The Morgan fingerprint density at radius 2 is 1.90 bits per heavy atom. The number of carbonyl (C=O) groups excluding carboxylic acids is 1. The Balaban J connectivity index is 2.10. The molecule has 0 heterocycles. The predicted molar refractivity (Wildman–Crippen MR) is 109 cm³/mol. The van der Waals surface area contributed by atoms with Crippen LogP contribution < -0.4 is 14.5 Å². The van der Waals surface area contributed by atoms with Crippen LogP contribution >= 0.6 is 0 Å². The van der Waals surface area contributed by atoms with Gasteiger partial charge in [-0.05, 0) is 36.8 Å². The first-order valence-corrected chi connectivity index (χ1v) is 10.3. The van der Waals surface area contributed by atoms with Crippen molar-refractivity contribution in [1.82, 2.24) is 5.43 Å². The first-order valence-electron chi connectivity index (χ1n) is 8.48. The van der Waals surface area contributed by atoms with Gasteiger partial charge in [0.2, 0.25) is 10.0 Å². The summed E-state index contributed by atoms with van der Waals surface area (Å²) in [6.45, 7) is 1.60. The maximum atomic E-state index is 12.2. The zero-order chi connectivity index (χ0) is 21.4. The highest BCUT2D eigenvalue weighted by Gasteiger charge is 2.23. The van der Waals surface area contributed by atoms with E-state index >= 15 is 0 Å². The van der Waals surface area contributed by atoms with Crippen LogP contribution in [0.4, 0.5) is 11.4 Å². The van der Waals surface area contributed by atoms with Gasteiger partial charge < -0.3 is 4.74 Å². The van der Waals surface area contributed by atoms with Crippen molar-refractivity contribution >= 4 is 33.5 Å². The second-order valence-electron chi connectivity index (χ2n) is 5.81. The van der Waals surface area contributed by atoms with E-state index in [1.165, 1.54) is 30.5 Å². The Morgan fingerprint density at radius 1 is 1.24 bits per heavy atom. The Hall–Kier alpha value is -3.47. The van der Waals surface area contributed by atoms with Crippen LogP contribution in [0.25, 0.3) is 0 Å². The van der Waals surface area contributed by atoms with Gasteiger partial charge in [-0.3, -0.25) is 19.2 Å². The van der Waals surface area contributed by atoms with Gasteiger partial charge in [0.05, 0.1) is 29.7 Å². The molecule has 2 aromatic carbocycles. The topological polar surface area (TPSA) is 131 Å². The van der Waals surface area contributed by atoms with E-state index in [0.717, 1.165) is 10.6 Å². The summed E-state index contributed by atoms with van der Waals surface area (Å²) in [5.74, 6) is -0.331. The maximum absolute atomic E-state index is 12.2. The lowest BCUT2D eigenvalue weighted by molar-refractivity contribution is -0.384. The van der Waals surface area contributed by atoms with Gasteiger partial charge in [-0.1, -0.05) is 12.1 Å². The summed E-state index contributed by atoms with van der Waals surface area (Å²) in [6.07, 6.45) is 2.28. The van der Waals surface area contributed by atoms with E-state index in [9.17, 15) is 23.3 Å². The molecule has 0 aliphatic carbocycles. The molecule has 0 bridgehead atoms. The lowest BCUT2D eigenvalue weighted by Gasteiger charge is -2.23. The molecule has 0 radical (unpaired) electrons. The van der Waals surface area contributed by atoms with Gasteiger partial charge in [0.1, 0.15) is 12.3 Å². The summed E-state index contributed by atoms with van der Waals surface area (Å²) in [7, 11) is -3.77. The van der Waals surface area contributed by atoms with Gasteiger partial charge in [-0.2, -0.15) is 5.10 Å². The molecule has 0 fully saturated rings. The van der Waals surface area contributed by atoms with Crippen LogP contribution in [0.5, 0.6) is 5.75 Å². The van der Waals surface area contributed by atoms with E-state index < -0.39 is 27.4 Å². The molecule has 2 aromatic rings. The van der Waals surface area contributed by atoms with Crippen molar-refractivity contribution in [2.45, 2.75) is 6.92 Å². The number of hydrogen-bond donors (Lipinski definition) is 1. The highest BCUT2D eigenvalue weighted by Crippen LogP contribution is 2.29.